The molecule has 4 N–H and O–H groups in total. The van der Waals surface area contributed by atoms with Gasteiger partial charge in [-0.15, -0.1) is 0 Å². The molecule has 0 spiro atoms. The van der Waals surface area contributed by atoms with Gasteiger partial charge in [0.1, 0.15) is 11.4 Å². The van der Waals surface area contributed by atoms with Gasteiger partial charge in [-0.2, -0.15) is 24.1 Å². The highest BCUT2D eigenvalue weighted by Crippen LogP contribution is 2.28. The van der Waals surface area contributed by atoms with Gasteiger partial charge in [0.15, 0.2) is 5.65 Å². The van der Waals surface area contributed by atoms with Crippen molar-refractivity contribution < 1.29 is 27.7 Å². The Hall–Kier alpha value is -2.84. The summed E-state index contributed by atoms with van der Waals surface area (Å²) < 4.78 is 34.5. The highest BCUT2D eigenvalue weighted by atomic mass is 32.2. The van der Waals surface area contributed by atoms with Crippen LogP contribution in [0, 0.1) is 11.8 Å². The maximum atomic E-state index is 13.5. The van der Waals surface area contributed by atoms with Crippen molar-refractivity contribution in [3.8, 4) is 11.3 Å². The van der Waals surface area contributed by atoms with Gasteiger partial charge in [-0.05, 0) is 54.7 Å². The average molecular weight is 564 g/mol. The lowest BCUT2D eigenvalue weighted by molar-refractivity contribution is 0.0900. The van der Waals surface area contributed by atoms with Crippen molar-refractivity contribution >= 4 is 39.1 Å². The third kappa shape index (κ3) is 6.41. The number of fused-ring (bicyclic) bond motifs is 1. The van der Waals surface area contributed by atoms with Gasteiger partial charge in [-0.1, -0.05) is 13.8 Å². The van der Waals surface area contributed by atoms with Crippen LogP contribution in [0.2, 0.25) is 0 Å². The molecule has 0 saturated carbocycles. The average Bonchev–Trinajstić information content (AvgIpc) is 3.54. The number of thiophene rings is 1. The summed E-state index contributed by atoms with van der Waals surface area (Å²) in [6.45, 7) is 4.58. The number of carbonyl (C=O) groups is 2. The molecule has 1 aliphatic heterocycles. The van der Waals surface area contributed by atoms with Crippen LogP contribution in [0.3, 0.4) is 0 Å². The van der Waals surface area contributed by atoms with E-state index in [1.165, 1.54) is 11.3 Å². The molecule has 1 atom stereocenters. The summed E-state index contributed by atoms with van der Waals surface area (Å²) in [4.78, 5) is 31.4. The van der Waals surface area contributed by atoms with Gasteiger partial charge in [-0.25, -0.2) is 4.98 Å². The van der Waals surface area contributed by atoms with Crippen molar-refractivity contribution in [2.24, 2.45) is 11.8 Å². The number of aromatic nitrogens is 2. The number of rotatable bonds is 10. The van der Waals surface area contributed by atoms with Crippen LogP contribution in [0.5, 0.6) is 0 Å². The zero-order valence-corrected chi connectivity index (χ0v) is 23.0. The number of hydrogen-bond donors (Lipinski definition) is 4. The van der Waals surface area contributed by atoms with E-state index in [0.29, 0.717) is 42.7 Å². The molecule has 1 fully saturated rings. The molecule has 1 saturated heterocycles. The molecule has 206 valence electrons. The van der Waals surface area contributed by atoms with Crippen molar-refractivity contribution in [3.63, 3.8) is 0 Å². The molecular weight excluding hydrogens is 530 g/mol. The molecule has 0 aliphatic carbocycles. The highest BCUT2D eigenvalue weighted by molar-refractivity contribution is 7.83. The standard InChI is InChI=1S/C25H33N5O6S2/c1-16(2)12-19(14-31)27-25(33)22-21(18-7-11-37-15-18)28-23-20(4-3-8-30(22)23)24(32)26-13-17-5-9-29(10-6-17)38(34,35)36/h3-4,7-8,11,15-17,19,31H,5-6,9-10,12-14H2,1-2H3,(H,26,32)(H,27,33)(H,34,35,36)/t19-/m1/s1. The summed E-state index contributed by atoms with van der Waals surface area (Å²) in [5.74, 6) is -0.395. The summed E-state index contributed by atoms with van der Waals surface area (Å²) in [7, 11) is -4.20. The first-order chi connectivity index (χ1) is 18.1. The molecule has 4 rings (SSSR count). The summed E-state index contributed by atoms with van der Waals surface area (Å²) in [6.07, 6.45) is 3.33. The van der Waals surface area contributed by atoms with E-state index in [2.05, 4.69) is 10.6 Å². The number of pyridine rings is 1. The van der Waals surface area contributed by atoms with Crippen LogP contribution < -0.4 is 10.6 Å². The summed E-state index contributed by atoms with van der Waals surface area (Å²) in [5.41, 5.74) is 2.13. The fourth-order valence-corrected chi connectivity index (χ4v) is 6.05. The minimum Gasteiger partial charge on any atom is -0.394 e. The monoisotopic (exact) mass is 563 g/mol. The molecule has 4 heterocycles. The Balaban J connectivity index is 1.58. The van der Waals surface area contributed by atoms with Crippen LogP contribution in [0.15, 0.2) is 35.2 Å². The molecule has 1 aliphatic rings. The Labute approximate surface area is 225 Å². The topological polar surface area (TPSA) is 153 Å². The van der Waals surface area contributed by atoms with E-state index >= 15 is 0 Å². The van der Waals surface area contributed by atoms with Crippen molar-refractivity contribution in [1.82, 2.24) is 24.3 Å². The summed E-state index contributed by atoms with van der Waals surface area (Å²) >= 11 is 1.47. The number of aliphatic hydroxyl groups excluding tert-OH is 1. The Bertz CT molecular complexity index is 1380. The van der Waals surface area contributed by atoms with Crippen LogP contribution in [0.1, 0.15) is 54.0 Å². The van der Waals surface area contributed by atoms with Crippen LogP contribution in [-0.2, 0) is 10.3 Å². The zero-order valence-electron chi connectivity index (χ0n) is 21.3. The SMILES string of the molecule is CC(C)C[C@H](CO)NC(=O)c1c(-c2ccsc2)nc2c(C(=O)NCC3CCN(S(=O)(=O)O)CC3)cccn12. The first kappa shape index (κ1) is 28.2. The van der Waals surface area contributed by atoms with E-state index in [4.69, 9.17) is 4.98 Å². The minimum atomic E-state index is -4.20. The van der Waals surface area contributed by atoms with E-state index in [9.17, 15) is 27.7 Å². The number of imidazole rings is 1. The van der Waals surface area contributed by atoms with Gasteiger partial charge in [0, 0.05) is 36.8 Å². The largest absolute Gasteiger partial charge is 0.394 e. The molecule has 0 bridgehead atoms. The smallest absolute Gasteiger partial charge is 0.335 e. The number of carbonyl (C=O) groups excluding carboxylic acids is 2. The summed E-state index contributed by atoms with van der Waals surface area (Å²) in [6, 6.07) is 4.77. The van der Waals surface area contributed by atoms with E-state index in [-0.39, 0.29) is 49.0 Å². The molecule has 11 nitrogen and oxygen atoms in total. The third-order valence-electron chi connectivity index (χ3n) is 6.67. The predicted molar refractivity (Wildman–Crippen MR) is 144 cm³/mol. The number of hydrogen-bond acceptors (Lipinski definition) is 7. The second kappa shape index (κ2) is 11.9. The molecule has 38 heavy (non-hydrogen) atoms. The van der Waals surface area contributed by atoms with Crippen molar-refractivity contribution in [3.05, 3.63) is 46.4 Å². The van der Waals surface area contributed by atoms with Crippen LogP contribution >= 0.6 is 11.3 Å². The van der Waals surface area contributed by atoms with Gasteiger partial charge in [0.25, 0.3) is 11.8 Å². The predicted octanol–water partition coefficient (Wildman–Crippen LogP) is 2.44. The van der Waals surface area contributed by atoms with Gasteiger partial charge in [-0.3, -0.25) is 18.5 Å². The number of nitrogens with zero attached hydrogens (tertiary/aromatic N) is 3. The molecule has 0 unspecified atom stereocenters. The van der Waals surface area contributed by atoms with Crippen molar-refractivity contribution in [2.45, 2.75) is 39.2 Å². The van der Waals surface area contributed by atoms with E-state index in [1.807, 2.05) is 30.7 Å². The lowest BCUT2D eigenvalue weighted by Gasteiger charge is -2.29. The number of piperidine rings is 1. The van der Waals surface area contributed by atoms with Gasteiger partial charge in [0.2, 0.25) is 0 Å². The van der Waals surface area contributed by atoms with Gasteiger partial charge >= 0.3 is 10.3 Å². The van der Waals surface area contributed by atoms with Crippen LogP contribution in [0.25, 0.3) is 16.9 Å². The normalized spacial score (nSPS) is 16.1. The van der Waals surface area contributed by atoms with Crippen molar-refractivity contribution in [1.29, 1.82) is 0 Å². The second-order valence-electron chi connectivity index (χ2n) is 9.95. The molecule has 0 radical (unpaired) electrons. The molecule has 3 aromatic rings. The van der Waals surface area contributed by atoms with Crippen molar-refractivity contribution in [2.75, 3.05) is 26.2 Å². The Morgan fingerprint density at radius 1 is 1.21 bits per heavy atom. The first-order valence-corrected chi connectivity index (χ1v) is 14.9. The Morgan fingerprint density at radius 3 is 2.55 bits per heavy atom. The Morgan fingerprint density at radius 2 is 1.95 bits per heavy atom. The maximum absolute atomic E-state index is 13.5. The molecule has 3 aromatic heterocycles. The first-order valence-electron chi connectivity index (χ1n) is 12.5. The number of amides is 2. The zero-order chi connectivity index (χ0) is 27.4. The molecule has 0 aromatic carbocycles. The Kier molecular flexibility index (Phi) is 8.83. The second-order valence-corrected chi connectivity index (χ2v) is 12.1. The summed E-state index contributed by atoms with van der Waals surface area (Å²) in [5, 5.41) is 19.4. The number of aliphatic hydroxyl groups is 1. The van der Waals surface area contributed by atoms with Gasteiger partial charge in [0.05, 0.1) is 18.2 Å². The van der Waals surface area contributed by atoms with Gasteiger partial charge < -0.3 is 15.7 Å². The maximum Gasteiger partial charge on any atom is 0.335 e. The highest BCUT2D eigenvalue weighted by Gasteiger charge is 2.28. The fourth-order valence-electron chi connectivity index (χ4n) is 4.74. The van der Waals surface area contributed by atoms with Crippen LogP contribution in [-0.4, -0.2) is 75.9 Å². The van der Waals surface area contributed by atoms with E-state index in [1.54, 1.807) is 22.7 Å². The fraction of sp³-hybridized carbons (Fsp3) is 0.480. The number of nitrogens with one attached hydrogen (secondary N) is 2. The van der Waals surface area contributed by atoms with E-state index in [0.717, 1.165) is 9.87 Å². The minimum absolute atomic E-state index is 0.0653. The lowest BCUT2D eigenvalue weighted by atomic mass is 9.98. The molecule has 13 heteroatoms. The lowest BCUT2D eigenvalue weighted by Crippen LogP contribution is -2.41. The third-order valence-corrected chi connectivity index (χ3v) is 8.37. The quantitative estimate of drug-likeness (QED) is 0.276. The van der Waals surface area contributed by atoms with E-state index < -0.39 is 16.3 Å². The van der Waals surface area contributed by atoms with Crippen LogP contribution in [0.4, 0.5) is 0 Å². The molecular formula is C25H33N5O6S2. The molecule has 2 amide bonds.